The van der Waals surface area contributed by atoms with Crippen LogP contribution < -0.4 is 9.13 Å². The summed E-state index contributed by atoms with van der Waals surface area (Å²) in [4.78, 5) is 0. The van der Waals surface area contributed by atoms with Crippen LogP contribution in [0.4, 0.5) is 0 Å². The van der Waals surface area contributed by atoms with Gasteiger partial charge < -0.3 is 0 Å². The minimum atomic E-state index is -0.427. The molecule has 5 aromatic rings. The molecule has 2 aliphatic heterocycles. The van der Waals surface area contributed by atoms with Crippen LogP contribution in [0.5, 0.6) is 0 Å². The quantitative estimate of drug-likeness (QED) is 0.338. The highest BCUT2D eigenvalue weighted by molar-refractivity contribution is 5.74. The molecule has 31 heavy (non-hydrogen) atoms. The highest BCUT2D eigenvalue weighted by Gasteiger charge is 2.66. The van der Waals surface area contributed by atoms with Crippen LogP contribution in [0.25, 0.3) is 33.6 Å². The van der Waals surface area contributed by atoms with Gasteiger partial charge in [0.25, 0.3) is 0 Å². The molecule has 2 nitrogen and oxygen atoms in total. The third-order valence-electron chi connectivity index (χ3n) is 6.77. The molecule has 3 aromatic carbocycles. The Morgan fingerprint density at radius 2 is 1.06 bits per heavy atom. The summed E-state index contributed by atoms with van der Waals surface area (Å²) in [7, 11) is 0. The van der Waals surface area contributed by atoms with Gasteiger partial charge in [0.1, 0.15) is 11.1 Å². The molecule has 1 spiro atoms. The molecule has 0 unspecified atom stereocenters. The average molecular weight is 396 g/mol. The number of hydrogen-bond acceptors (Lipinski definition) is 0. The minimum Gasteiger partial charge on any atom is -0.126 e. The molecule has 0 N–H and O–H groups in total. The van der Waals surface area contributed by atoms with E-state index < -0.39 is 5.66 Å². The van der Waals surface area contributed by atoms with Gasteiger partial charge in [0, 0.05) is 23.8 Å². The second kappa shape index (κ2) is 5.99. The Balaban J connectivity index is 1.64. The van der Waals surface area contributed by atoms with E-state index in [1.165, 1.54) is 44.8 Å². The molecular weight excluding hydrogens is 376 g/mol. The first kappa shape index (κ1) is 16.7. The molecule has 4 heterocycles. The van der Waals surface area contributed by atoms with Gasteiger partial charge in [-0.05, 0) is 42.0 Å². The number of rotatable bonds is 1. The highest BCUT2D eigenvalue weighted by atomic mass is 15.3. The SMILES string of the molecule is c1ccc(-c2ccc3[n+](c2)[C@@]2(c4ccccc4-c4cccc[n+]42)c2ccccc2-3)cc1. The zero-order valence-corrected chi connectivity index (χ0v) is 16.9. The zero-order valence-electron chi connectivity index (χ0n) is 16.9. The number of nitrogens with zero attached hydrogens (tertiary/aromatic N) is 2. The molecule has 1 atom stereocenters. The maximum absolute atomic E-state index is 2.48. The molecule has 2 heteroatoms. The molecule has 2 aromatic heterocycles. The van der Waals surface area contributed by atoms with Crippen LogP contribution in [0.2, 0.25) is 0 Å². The van der Waals surface area contributed by atoms with Crippen molar-refractivity contribution in [3.63, 3.8) is 0 Å². The second-order valence-corrected chi connectivity index (χ2v) is 8.26. The standard InChI is InChI=1S/C29H20N2/c1-2-10-21(11-3-1)22-17-18-28-24-13-5-7-15-26(24)29(31(28)20-22)25-14-6-4-12-23(25)27-16-8-9-19-30(27)29/h1-20H/q+2/t29-/m0/s1. The predicted octanol–water partition coefficient (Wildman–Crippen LogP) is 5.19. The van der Waals surface area contributed by atoms with Crippen molar-refractivity contribution in [1.29, 1.82) is 0 Å². The molecular formula is C29H20N2+2. The first-order valence-corrected chi connectivity index (χ1v) is 10.7. The second-order valence-electron chi connectivity index (χ2n) is 8.26. The molecule has 2 aliphatic rings. The summed E-state index contributed by atoms with van der Waals surface area (Å²) < 4.78 is 4.93. The van der Waals surface area contributed by atoms with Gasteiger partial charge in [-0.25, -0.2) is 0 Å². The van der Waals surface area contributed by atoms with Crippen molar-refractivity contribution in [2.75, 3.05) is 0 Å². The van der Waals surface area contributed by atoms with Gasteiger partial charge in [-0.15, -0.1) is 9.13 Å². The molecule has 0 fully saturated rings. The summed E-state index contributed by atoms with van der Waals surface area (Å²) in [5, 5.41) is 0. The summed E-state index contributed by atoms with van der Waals surface area (Å²) in [5.74, 6) is 0. The molecule has 0 aliphatic carbocycles. The van der Waals surface area contributed by atoms with E-state index in [2.05, 4.69) is 131 Å². The van der Waals surface area contributed by atoms with Crippen molar-refractivity contribution in [3.05, 3.63) is 133 Å². The number of benzene rings is 3. The van der Waals surface area contributed by atoms with Gasteiger partial charge >= 0.3 is 5.66 Å². The first-order chi connectivity index (χ1) is 15.4. The van der Waals surface area contributed by atoms with Crippen LogP contribution in [0.15, 0.2) is 122 Å². The average Bonchev–Trinajstić information content (AvgIpc) is 3.32. The van der Waals surface area contributed by atoms with Crippen molar-refractivity contribution in [2.24, 2.45) is 0 Å². The van der Waals surface area contributed by atoms with Gasteiger partial charge in [-0.2, -0.15) is 0 Å². The van der Waals surface area contributed by atoms with E-state index in [0.29, 0.717) is 0 Å². The molecule has 7 rings (SSSR count). The maximum Gasteiger partial charge on any atom is 0.417 e. The van der Waals surface area contributed by atoms with Crippen LogP contribution >= 0.6 is 0 Å². The lowest BCUT2D eigenvalue weighted by atomic mass is 9.90. The van der Waals surface area contributed by atoms with E-state index >= 15 is 0 Å². The van der Waals surface area contributed by atoms with Gasteiger partial charge in [-0.1, -0.05) is 54.6 Å². The number of fused-ring (bicyclic) bond motifs is 10. The van der Waals surface area contributed by atoms with Crippen LogP contribution in [-0.2, 0) is 5.66 Å². The van der Waals surface area contributed by atoms with E-state index in [0.717, 1.165) is 0 Å². The lowest BCUT2D eigenvalue weighted by Crippen LogP contribution is -2.71. The van der Waals surface area contributed by atoms with Gasteiger partial charge in [0.15, 0.2) is 12.4 Å². The maximum atomic E-state index is 2.48. The first-order valence-electron chi connectivity index (χ1n) is 10.7. The Hall–Kier alpha value is -4.04. The van der Waals surface area contributed by atoms with Crippen molar-refractivity contribution in [3.8, 4) is 33.6 Å². The van der Waals surface area contributed by atoms with Crippen LogP contribution in [-0.4, -0.2) is 0 Å². The third-order valence-corrected chi connectivity index (χ3v) is 6.77. The fraction of sp³-hybridized carbons (Fsp3) is 0.0345. The van der Waals surface area contributed by atoms with E-state index in [-0.39, 0.29) is 0 Å². The van der Waals surface area contributed by atoms with E-state index in [1.54, 1.807) is 0 Å². The van der Waals surface area contributed by atoms with Gasteiger partial charge in [0.05, 0.1) is 11.1 Å². The van der Waals surface area contributed by atoms with E-state index in [1.807, 2.05) is 0 Å². The number of hydrogen-bond donors (Lipinski definition) is 0. The Morgan fingerprint density at radius 1 is 0.452 bits per heavy atom. The summed E-state index contributed by atoms with van der Waals surface area (Å²) >= 11 is 0. The minimum absolute atomic E-state index is 0.427. The predicted molar refractivity (Wildman–Crippen MR) is 121 cm³/mol. The number of pyridine rings is 2. The van der Waals surface area contributed by atoms with Crippen molar-refractivity contribution < 1.29 is 9.13 Å². The number of aromatic nitrogens is 2. The zero-order chi connectivity index (χ0) is 20.4. The van der Waals surface area contributed by atoms with Crippen molar-refractivity contribution in [2.45, 2.75) is 5.66 Å². The van der Waals surface area contributed by atoms with Crippen LogP contribution in [0.3, 0.4) is 0 Å². The van der Waals surface area contributed by atoms with Crippen molar-refractivity contribution >= 4 is 0 Å². The lowest BCUT2D eigenvalue weighted by Gasteiger charge is -2.17. The van der Waals surface area contributed by atoms with Gasteiger partial charge in [-0.3, -0.25) is 0 Å². The summed E-state index contributed by atoms with van der Waals surface area (Å²) in [6.07, 6.45) is 4.56. The molecule has 0 saturated carbocycles. The monoisotopic (exact) mass is 396 g/mol. The Morgan fingerprint density at radius 3 is 1.81 bits per heavy atom. The molecule has 0 bridgehead atoms. The fourth-order valence-electron chi connectivity index (χ4n) is 5.54. The molecule has 0 saturated heterocycles. The summed E-state index contributed by atoms with van der Waals surface area (Å²) in [6, 6.07) is 39.4. The van der Waals surface area contributed by atoms with Crippen LogP contribution in [0, 0.1) is 0 Å². The lowest BCUT2D eigenvalue weighted by molar-refractivity contribution is -0.954. The van der Waals surface area contributed by atoms with Crippen LogP contribution in [0.1, 0.15) is 11.1 Å². The normalized spacial score (nSPS) is 17.2. The molecule has 0 amide bonds. The van der Waals surface area contributed by atoms with Crippen molar-refractivity contribution in [1.82, 2.24) is 0 Å². The molecule has 144 valence electrons. The highest BCUT2D eigenvalue weighted by Crippen LogP contribution is 2.46. The largest absolute Gasteiger partial charge is 0.417 e. The topological polar surface area (TPSA) is 7.76 Å². The Labute approximate surface area is 181 Å². The summed E-state index contributed by atoms with van der Waals surface area (Å²) in [5.41, 5.74) is 9.75. The van der Waals surface area contributed by atoms with Gasteiger partial charge in [0.2, 0.25) is 11.4 Å². The van der Waals surface area contributed by atoms with E-state index in [9.17, 15) is 0 Å². The summed E-state index contributed by atoms with van der Waals surface area (Å²) in [6.45, 7) is 0. The smallest absolute Gasteiger partial charge is 0.126 e. The third kappa shape index (κ3) is 2.02. The fourth-order valence-corrected chi connectivity index (χ4v) is 5.54. The Bertz CT molecular complexity index is 1420. The molecule has 0 radical (unpaired) electrons. The van der Waals surface area contributed by atoms with E-state index in [4.69, 9.17) is 0 Å². The Kier molecular flexibility index (Phi) is 3.23.